The molecule has 0 unspecified atom stereocenters. The van der Waals surface area contributed by atoms with E-state index in [1.807, 2.05) is 43.5 Å². The molecule has 0 saturated heterocycles. The topological polar surface area (TPSA) is 52.6 Å². The summed E-state index contributed by atoms with van der Waals surface area (Å²) in [6.45, 7) is 3.64. The molecule has 1 aromatic carbocycles. The van der Waals surface area contributed by atoms with E-state index in [1.54, 1.807) is 0 Å². The van der Waals surface area contributed by atoms with Gasteiger partial charge in [0.25, 0.3) is 0 Å². The van der Waals surface area contributed by atoms with E-state index < -0.39 is 0 Å². The SMILES string of the molecule is CCNc1ccc(COc2ccc3c(c2)OCO3)cn1. The van der Waals surface area contributed by atoms with Crippen molar-refractivity contribution < 1.29 is 14.2 Å². The van der Waals surface area contributed by atoms with Crippen LogP contribution in [-0.2, 0) is 6.61 Å². The molecule has 1 aromatic heterocycles. The zero-order chi connectivity index (χ0) is 13.8. The second kappa shape index (κ2) is 5.69. The van der Waals surface area contributed by atoms with Crippen LogP contribution >= 0.6 is 0 Å². The van der Waals surface area contributed by atoms with Crippen molar-refractivity contribution in [2.75, 3.05) is 18.7 Å². The quantitative estimate of drug-likeness (QED) is 0.907. The number of ether oxygens (including phenoxy) is 3. The average Bonchev–Trinajstić information content (AvgIpc) is 2.94. The van der Waals surface area contributed by atoms with Gasteiger partial charge < -0.3 is 19.5 Å². The van der Waals surface area contributed by atoms with E-state index in [2.05, 4.69) is 10.3 Å². The fourth-order valence-corrected chi connectivity index (χ4v) is 1.93. The Kier molecular flexibility index (Phi) is 3.58. The standard InChI is InChI=1S/C15H16N2O3/c1-2-16-15-6-3-11(8-17-15)9-18-12-4-5-13-14(7-12)20-10-19-13/h3-8H,2,9-10H2,1H3,(H,16,17). The van der Waals surface area contributed by atoms with Crippen molar-refractivity contribution in [1.82, 2.24) is 4.98 Å². The zero-order valence-corrected chi connectivity index (χ0v) is 11.3. The van der Waals surface area contributed by atoms with Crippen LogP contribution in [0.1, 0.15) is 12.5 Å². The molecule has 1 aliphatic rings. The lowest BCUT2D eigenvalue weighted by Gasteiger charge is -2.08. The third-order valence-corrected chi connectivity index (χ3v) is 2.93. The molecule has 0 aliphatic carbocycles. The molecule has 0 radical (unpaired) electrons. The molecule has 2 aromatic rings. The van der Waals surface area contributed by atoms with E-state index in [1.165, 1.54) is 0 Å². The molecule has 0 saturated carbocycles. The summed E-state index contributed by atoms with van der Waals surface area (Å²) in [6, 6.07) is 9.50. The second-order valence-corrected chi connectivity index (χ2v) is 4.39. The molecule has 1 aliphatic heterocycles. The minimum absolute atomic E-state index is 0.272. The number of hydrogen-bond acceptors (Lipinski definition) is 5. The highest BCUT2D eigenvalue weighted by Gasteiger charge is 2.13. The smallest absolute Gasteiger partial charge is 0.231 e. The van der Waals surface area contributed by atoms with Crippen molar-refractivity contribution in [2.45, 2.75) is 13.5 Å². The van der Waals surface area contributed by atoms with E-state index in [4.69, 9.17) is 14.2 Å². The van der Waals surface area contributed by atoms with Crippen molar-refractivity contribution in [1.29, 1.82) is 0 Å². The van der Waals surface area contributed by atoms with Gasteiger partial charge in [-0.15, -0.1) is 0 Å². The molecule has 0 spiro atoms. The van der Waals surface area contributed by atoms with E-state index in [-0.39, 0.29) is 6.79 Å². The van der Waals surface area contributed by atoms with Crippen LogP contribution in [0.25, 0.3) is 0 Å². The number of aromatic nitrogens is 1. The van der Waals surface area contributed by atoms with Crippen LogP contribution in [0, 0.1) is 0 Å². The molecule has 5 heteroatoms. The van der Waals surface area contributed by atoms with Gasteiger partial charge in [0.05, 0.1) is 0 Å². The summed E-state index contributed by atoms with van der Waals surface area (Å²) in [5, 5.41) is 3.15. The zero-order valence-electron chi connectivity index (χ0n) is 11.3. The molecular weight excluding hydrogens is 256 g/mol. The van der Waals surface area contributed by atoms with Crippen LogP contribution < -0.4 is 19.5 Å². The first-order chi connectivity index (χ1) is 9.85. The maximum atomic E-state index is 5.72. The van der Waals surface area contributed by atoms with Crippen LogP contribution in [0.15, 0.2) is 36.5 Å². The van der Waals surface area contributed by atoms with Gasteiger partial charge in [-0.25, -0.2) is 4.98 Å². The third-order valence-electron chi connectivity index (χ3n) is 2.93. The summed E-state index contributed by atoms with van der Waals surface area (Å²) in [5.74, 6) is 3.11. The Balaban J connectivity index is 1.61. The highest BCUT2D eigenvalue weighted by Crippen LogP contribution is 2.35. The molecule has 0 atom stereocenters. The minimum Gasteiger partial charge on any atom is -0.489 e. The molecule has 20 heavy (non-hydrogen) atoms. The number of hydrogen-bond donors (Lipinski definition) is 1. The first-order valence-electron chi connectivity index (χ1n) is 6.56. The summed E-state index contributed by atoms with van der Waals surface area (Å²) in [4.78, 5) is 4.30. The van der Waals surface area contributed by atoms with Gasteiger partial charge in [-0.05, 0) is 25.1 Å². The summed E-state index contributed by atoms with van der Waals surface area (Å²) in [7, 11) is 0. The summed E-state index contributed by atoms with van der Waals surface area (Å²) in [6.07, 6.45) is 1.81. The molecule has 5 nitrogen and oxygen atoms in total. The van der Waals surface area contributed by atoms with Crippen molar-refractivity contribution in [2.24, 2.45) is 0 Å². The highest BCUT2D eigenvalue weighted by atomic mass is 16.7. The largest absolute Gasteiger partial charge is 0.489 e. The van der Waals surface area contributed by atoms with Gasteiger partial charge in [-0.2, -0.15) is 0 Å². The highest BCUT2D eigenvalue weighted by molar-refractivity contribution is 5.47. The second-order valence-electron chi connectivity index (χ2n) is 4.39. The molecule has 0 fully saturated rings. The van der Waals surface area contributed by atoms with E-state index in [0.717, 1.165) is 35.2 Å². The number of anilines is 1. The lowest BCUT2D eigenvalue weighted by Crippen LogP contribution is -2.01. The molecular formula is C15H16N2O3. The average molecular weight is 272 g/mol. The first kappa shape index (κ1) is 12.6. The Hall–Kier alpha value is -2.43. The number of benzene rings is 1. The molecule has 0 amide bonds. The summed E-state index contributed by atoms with van der Waals surface area (Å²) in [5.41, 5.74) is 1.02. The predicted molar refractivity (Wildman–Crippen MR) is 75.3 cm³/mol. The Bertz CT molecular complexity index is 584. The fourth-order valence-electron chi connectivity index (χ4n) is 1.93. The fraction of sp³-hybridized carbons (Fsp3) is 0.267. The van der Waals surface area contributed by atoms with Crippen molar-refractivity contribution in [3.8, 4) is 17.2 Å². The Morgan fingerprint density at radius 1 is 1.20 bits per heavy atom. The number of fused-ring (bicyclic) bond motifs is 1. The lowest BCUT2D eigenvalue weighted by molar-refractivity contribution is 0.173. The van der Waals surface area contributed by atoms with Crippen LogP contribution in [-0.4, -0.2) is 18.3 Å². The predicted octanol–water partition coefficient (Wildman–Crippen LogP) is 2.82. The molecule has 2 heterocycles. The minimum atomic E-state index is 0.272. The maximum Gasteiger partial charge on any atom is 0.231 e. The first-order valence-corrected chi connectivity index (χ1v) is 6.56. The van der Waals surface area contributed by atoms with Crippen molar-refractivity contribution in [3.05, 3.63) is 42.1 Å². The van der Waals surface area contributed by atoms with Gasteiger partial charge >= 0.3 is 0 Å². The number of rotatable bonds is 5. The van der Waals surface area contributed by atoms with E-state index in [9.17, 15) is 0 Å². The summed E-state index contributed by atoms with van der Waals surface area (Å²) >= 11 is 0. The number of nitrogens with one attached hydrogen (secondary N) is 1. The van der Waals surface area contributed by atoms with Gasteiger partial charge in [0, 0.05) is 24.4 Å². The van der Waals surface area contributed by atoms with Gasteiger partial charge in [0.2, 0.25) is 6.79 Å². The van der Waals surface area contributed by atoms with Crippen LogP contribution in [0.3, 0.4) is 0 Å². The maximum absolute atomic E-state index is 5.72. The normalized spacial score (nSPS) is 12.2. The van der Waals surface area contributed by atoms with Crippen LogP contribution in [0.4, 0.5) is 5.82 Å². The van der Waals surface area contributed by atoms with Crippen LogP contribution in [0.5, 0.6) is 17.2 Å². The molecule has 3 rings (SSSR count). The van der Waals surface area contributed by atoms with Gasteiger partial charge in [0.1, 0.15) is 18.2 Å². The Morgan fingerprint density at radius 2 is 2.10 bits per heavy atom. The van der Waals surface area contributed by atoms with E-state index in [0.29, 0.717) is 6.61 Å². The Labute approximate surface area is 117 Å². The number of pyridine rings is 1. The van der Waals surface area contributed by atoms with Gasteiger partial charge in [-0.3, -0.25) is 0 Å². The lowest BCUT2D eigenvalue weighted by atomic mass is 10.3. The van der Waals surface area contributed by atoms with Gasteiger partial charge in [-0.1, -0.05) is 6.07 Å². The van der Waals surface area contributed by atoms with E-state index >= 15 is 0 Å². The number of nitrogens with zero attached hydrogens (tertiary/aromatic N) is 1. The monoisotopic (exact) mass is 272 g/mol. The molecule has 0 bridgehead atoms. The van der Waals surface area contributed by atoms with Crippen LogP contribution in [0.2, 0.25) is 0 Å². The van der Waals surface area contributed by atoms with Gasteiger partial charge in [0.15, 0.2) is 11.5 Å². The molecule has 1 N–H and O–H groups in total. The third kappa shape index (κ3) is 2.77. The van der Waals surface area contributed by atoms with Crippen molar-refractivity contribution >= 4 is 5.82 Å². The van der Waals surface area contributed by atoms with Crippen molar-refractivity contribution in [3.63, 3.8) is 0 Å². The molecule has 104 valence electrons. The summed E-state index contributed by atoms with van der Waals surface area (Å²) < 4.78 is 16.3. The Morgan fingerprint density at radius 3 is 2.90 bits per heavy atom.